The normalized spacial score (nSPS) is 18.5. The van der Waals surface area contributed by atoms with Gasteiger partial charge in [0.05, 0.1) is 5.54 Å². The Bertz CT molecular complexity index is 1180. The maximum atomic E-state index is 6.61. The summed E-state index contributed by atoms with van der Waals surface area (Å²) in [5.74, 6) is 0.920. The molecule has 3 heteroatoms. The summed E-state index contributed by atoms with van der Waals surface area (Å²) in [6.45, 7) is 8.64. The third-order valence-corrected chi connectivity index (χ3v) is 6.27. The summed E-state index contributed by atoms with van der Waals surface area (Å²) in [7, 11) is 0. The minimum atomic E-state index is -0.183. The molecule has 3 aromatic carbocycles. The Morgan fingerprint density at radius 2 is 1.76 bits per heavy atom. The van der Waals surface area contributed by atoms with Gasteiger partial charge in [-0.15, -0.1) is 0 Å². The number of benzene rings is 3. The number of anilines is 1. The van der Waals surface area contributed by atoms with Crippen LogP contribution in [-0.2, 0) is 0 Å². The first-order valence-corrected chi connectivity index (χ1v) is 10.4. The fourth-order valence-electron chi connectivity index (χ4n) is 4.70. The van der Waals surface area contributed by atoms with Crippen molar-refractivity contribution in [1.82, 2.24) is 0 Å². The molecule has 5 rings (SSSR count). The van der Waals surface area contributed by atoms with Crippen LogP contribution in [0.1, 0.15) is 49.1 Å². The van der Waals surface area contributed by atoms with Crippen LogP contribution in [0, 0.1) is 6.92 Å². The Balaban J connectivity index is 1.80. The van der Waals surface area contributed by atoms with Gasteiger partial charge in [-0.1, -0.05) is 54.1 Å². The van der Waals surface area contributed by atoms with Crippen molar-refractivity contribution >= 4 is 22.9 Å². The van der Waals surface area contributed by atoms with Crippen molar-refractivity contribution in [3.63, 3.8) is 0 Å². The Kier molecular flexibility index (Phi) is 4.04. The first kappa shape index (κ1) is 18.3. The number of para-hydroxylation sites is 1. The molecule has 0 saturated heterocycles. The van der Waals surface area contributed by atoms with Crippen LogP contribution < -0.4 is 10.1 Å². The number of halogens is 1. The zero-order chi connectivity index (χ0) is 20.3. The van der Waals surface area contributed by atoms with E-state index in [1.807, 2.05) is 19.1 Å². The van der Waals surface area contributed by atoms with E-state index in [0.717, 1.165) is 33.1 Å². The van der Waals surface area contributed by atoms with E-state index in [2.05, 4.69) is 74.6 Å². The van der Waals surface area contributed by atoms with E-state index in [1.54, 1.807) is 0 Å². The predicted octanol–water partition coefficient (Wildman–Crippen LogP) is 7.40. The van der Waals surface area contributed by atoms with Crippen LogP contribution >= 0.6 is 11.6 Å². The zero-order valence-corrected chi connectivity index (χ0v) is 17.9. The van der Waals surface area contributed by atoms with Gasteiger partial charge < -0.3 is 10.1 Å². The van der Waals surface area contributed by atoms with Crippen LogP contribution in [0.2, 0.25) is 5.02 Å². The second kappa shape index (κ2) is 6.40. The quantitative estimate of drug-likeness (QED) is 0.458. The lowest BCUT2D eigenvalue weighted by molar-refractivity contribution is 0.243. The number of rotatable bonds is 1. The molecule has 0 fully saturated rings. The third kappa shape index (κ3) is 2.94. The molecule has 0 saturated carbocycles. The number of ether oxygens (including phenoxy) is 1. The number of allylic oxidation sites excluding steroid dienone is 1. The molecular formula is C26H24ClNO. The molecule has 1 N–H and O–H groups in total. The molecule has 2 heterocycles. The molecule has 1 atom stereocenters. The topological polar surface area (TPSA) is 21.3 Å². The van der Waals surface area contributed by atoms with Gasteiger partial charge in [-0.25, -0.2) is 0 Å². The Hall–Kier alpha value is -2.71. The van der Waals surface area contributed by atoms with Crippen molar-refractivity contribution < 1.29 is 4.74 Å². The molecule has 0 bridgehead atoms. The summed E-state index contributed by atoms with van der Waals surface area (Å²) in [5, 5.41) is 4.46. The van der Waals surface area contributed by atoms with Gasteiger partial charge in [-0.3, -0.25) is 0 Å². The smallest absolute Gasteiger partial charge is 0.150 e. The predicted molar refractivity (Wildman–Crippen MR) is 122 cm³/mol. The molecule has 0 spiro atoms. The standard InChI is InChI=1S/C26H24ClNO/c1-15-13-17(9-11-20(15)27)25-24-19(18-7-5-6-8-22(18)29-25)10-12-21-23(24)16(2)14-26(3,4)28-21/h5-14,25,28H,1-4H3/t25-/m1/s1. The van der Waals surface area contributed by atoms with Crippen molar-refractivity contribution in [3.8, 4) is 16.9 Å². The maximum Gasteiger partial charge on any atom is 0.150 e. The van der Waals surface area contributed by atoms with E-state index in [4.69, 9.17) is 16.3 Å². The van der Waals surface area contributed by atoms with Crippen LogP contribution in [0.5, 0.6) is 5.75 Å². The summed E-state index contributed by atoms with van der Waals surface area (Å²) in [4.78, 5) is 0. The molecule has 0 aliphatic carbocycles. The highest BCUT2D eigenvalue weighted by Gasteiger charge is 2.34. The molecule has 0 unspecified atom stereocenters. The second-order valence-corrected chi connectivity index (χ2v) is 9.03. The average molecular weight is 402 g/mol. The zero-order valence-electron chi connectivity index (χ0n) is 17.1. The number of aryl methyl sites for hydroxylation is 1. The number of hydrogen-bond acceptors (Lipinski definition) is 2. The number of fused-ring (bicyclic) bond motifs is 5. The van der Waals surface area contributed by atoms with E-state index in [9.17, 15) is 0 Å². The van der Waals surface area contributed by atoms with E-state index in [1.165, 1.54) is 22.3 Å². The highest BCUT2D eigenvalue weighted by molar-refractivity contribution is 6.31. The van der Waals surface area contributed by atoms with Crippen LogP contribution in [0.15, 0.2) is 60.7 Å². The molecule has 0 aromatic heterocycles. The van der Waals surface area contributed by atoms with Gasteiger partial charge in [0.1, 0.15) is 5.75 Å². The average Bonchev–Trinajstić information content (AvgIpc) is 2.68. The van der Waals surface area contributed by atoms with E-state index < -0.39 is 0 Å². The first-order chi connectivity index (χ1) is 13.8. The van der Waals surface area contributed by atoms with Crippen LogP contribution in [0.25, 0.3) is 16.7 Å². The molecule has 2 aliphatic heterocycles. The molecule has 2 aliphatic rings. The third-order valence-electron chi connectivity index (χ3n) is 5.84. The summed E-state index contributed by atoms with van der Waals surface area (Å²) in [6.07, 6.45) is 2.12. The Morgan fingerprint density at radius 3 is 2.55 bits per heavy atom. The summed E-state index contributed by atoms with van der Waals surface area (Å²) in [5.41, 5.74) is 9.38. The number of hydrogen-bond donors (Lipinski definition) is 1. The van der Waals surface area contributed by atoms with Crippen molar-refractivity contribution in [2.45, 2.75) is 39.3 Å². The Labute approximate surface area is 177 Å². The fraction of sp³-hybridized carbons (Fsp3) is 0.231. The molecule has 29 heavy (non-hydrogen) atoms. The Morgan fingerprint density at radius 1 is 0.966 bits per heavy atom. The lowest BCUT2D eigenvalue weighted by atomic mass is 9.80. The summed E-state index contributed by atoms with van der Waals surface area (Å²) in [6, 6.07) is 18.9. The number of nitrogens with one attached hydrogen (secondary N) is 1. The summed E-state index contributed by atoms with van der Waals surface area (Å²) < 4.78 is 6.61. The SMILES string of the molecule is CC1=CC(C)(C)Nc2ccc3c(c21)[C@@H](c1ccc(Cl)c(C)c1)Oc1ccccc1-3. The summed E-state index contributed by atoms with van der Waals surface area (Å²) >= 11 is 6.31. The minimum Gasteiger partial charge on any atom is -0.480 e. The van der Waals surface area contributed by atoms with Crippen molar-refractivity contribution in [3.05, 3.63) is 87.9 Å². The maximum absolute atomic E-state index is 6.61. The molecule has 146 valence electrons. The van der Waals surface area contributed by atoms with Crippen LogP contribution in [0.3, 0.4) is 0 Å². The molecule has 0 amide bonds. The van der Waals surface area contributed by atoms with Gasteiger partial charge >= 0.3 is 0 Å². The van der Waals surface area contributed by atoms with Crippen LogP contribution in [-0.4, -0.2) is 5.54 Å². The molecule has 3 aromatic rings. The van der Waals surface area contributed by atoms with Crippen molar-refractivity contribution in [2.75, 3.05) is 5.32 Å². The second-order valence-electron chi connectivity index (χ2n) is 8.63. The lowest BCUT2D eigenvalue weighted by Crippen LogP contribution is -2.32. The van der Waals surface area contributed by atoms with Gasteiger partial charge in [0, 0.05) is 27.4 Å². The van der Waals surface area contributed by atoms with Gasteiger partial charge in [-0.2, -0.15) is 0 Å². The highest BCUT2D eigenvalue weighted by Crippen LogP contribution is 2.50. The van der Waals surface area contributed by atoms with Gasteiger partial charge in [0.25, 0.3) is 0 Å². The monoisotopic (exact) mass is 401 g/mol. The largest absolute Gasteiger partial charge is 0.480 e. The van der Waals surface area contributed by atoms with Gasteiger partial charge in [0.2, 0.25) is 0 Å². The molecule has 0 radical (unpaired) electrons. The molecular weight excluding hydrogens is 378 g/mol. The first-order valence-electron chi connectivity index (χ1n) is 10.0. The van der Waals surface area contributed by atoms with Gasteiger partial charge in [0.15, 0.2) is 6.10 Å². The van der Waals surface area contributed by atoms with Gasteiger partial charge in [-0.05, 0) is 68.2 Å². The molecule has 2 nitrogen and oxygen atoms in total. The fourth-order valence-corrected chi connectivity index (χ4v) is 4.81. The van der Waals surface area contributed by atoms with Crippen LogP contribution in [0.4, 0.5) is 5.69 Å². The lowest BCUT2D eigenvalue weighted by Gasteiger charge is -2.37. The van der Waals surface area contributed by atoms with Crippen molar-refractivity contribution in [1.29, 1.82) is 0 Å². The highest BCUT2D eigenvalue weighted by atomic mass is 35.5. The van der Waals surface area contributed by atoms with Crippen molar-refractivity contribution in [2.24, 2.45) is 0 Å². The minimum absolute atomic E-state index is 0.0783. The van der Waals surface area contributed by atoms with E-state index in [0.29, 0.717) is 0 Å². The van der Waals surface area contributed by atoms with E-state index in [-0.39, 0.29) is 11.6 Å². The van der Waals surface area contributed by atoms with E-state index >= 15 is 0 Å².